The van der Waals surface area contributed by atoms with Crippen molar-refractivity contribution in [3.8, 4) is 0 Å². The monoisotopic (exact) mass is 383 g/mol. The van der Waals surface area contributed by atoms with Crippen molar-refractivity contribution in [2.45, 2.75) is 38.8 Å². The summed E-state index contributed by atoms with van der Waals surface area (Å²) in [5.74, 6) is -0.0760. The van der Waals surface area contributed by atoms with E-state index in [2.05, 4.69) is 5.32 Å². The lowest BCUT2D eigenvalue weighted by Gasteiger charge is -2.26. The molecule has 0 saturated carbocycles. The number of nitrogens with zero attached hydrogens (tertiary/aromatic N) is 2. The third-order valence-corrected chi connectivity index (χ3v) is 5.63. The van der Waals surface area contributed by atoms with Crippen molar-refractivity contribution in [3.05, 3.63) is 23.8 Å². The highest BCUT2D eigenvalue weighted by molar-refractivity contribution is 7.88. The second kappa shape index (κ2) is 8.83. The molecule has 1 amide bonds. The molecule has 1 aromatic rings. The number of benzene rings is 1. The van der Waals surface area contributed by atoms with Crippen molar-refractivity contribution < 1.29 is 17.9 Å². The van der Waals surface area contributed by atoms with Gasteiger partial charge in [0, 0.05) is 51.6 Å². The number of amides is 1. The number of carbonyl (C=O) groups excluding carboxylic acids is 1. The molecule has 1 aromatic carbocycles. The summed E-state index contributed by atoms with van der Waals surface area (Å²) in [5, 5.41) is 2.83. The van der Waals surface area contributed by atoms with Crippen LogP contribution < -0.4 is 10.2 Å². The molecular formula is C18H29N3O4S. The first-order chi connectivity index (χ1) is 12.2. The van der Waals surface area contributed by atoms with E-state index in [4.69, 9.17) is 4.74 Å². The number of sulfonamides is 1. The van der Waals surface area contributed by atoms with Gasteiger partial charge in [-0.15, -0.1) is 0 Å². The van der Waals surface area contributed by atoms with E-state index in [0.29, 0.717) is 25.3 Å². The third kappa shape index (κ3) is 5.69. The van der Waals surface area contributed by atoms with E-state index in [1.165, 1.54) is 10.6 Å². The maximum Gasteiger partial charge on any atom is 0.224 e. The van der Waals surface area contributed by atoms with Gasteiger partial charge in [-0.05, 0) is 36.6 Å². The first-order valence-electron chi connectivity index (χ1n) is 8.87. The molecule has 1 N–H and O–H groups in total. The topological polar surface area (TPSA) is 79.0 Å². The summed E-state index contributed by atoms with van der Waals surface area (Å²) >= 11 is 0. The molecule has 146 valence electrons. The zero-order chi connectivity index (χ0) is 19.3. The fourth-order valence-electron chi connectivity index (χ4n) is 3.00. The van der Waals surface area contributed by atoms with Crippen molar-refractivity contribution in [1.82, 2.24) is 4.31 Å². The van der Waals surface area contributed by atoms with E-state index in [-0.39, 0.29) is 18.6 Å². The molecule has 0 unspecified atom stereocenters. The van der Waals surface area contributed by atoms with Gasteiger partial charge in [0.05, 0.1) is 12.4 Å². The van der Waals surface area contributed by atoms with E-state index in [1.807, 2.05) is 37.2 Å². The largest absolute Gasteiger partial charge is 0.377 e. The Balaban J connectivity index is 2.29. The van der Waals surface area contributed by atoms with Gasteiger partial charge in [0.1, 0.15) is 0 Å². The molecule has 1 atom stereocenters. The average molecular weight is 384 g/mol. The second-order valence-electron chi connectivity index (χ2n) is 6.83. The maximum atomic E-state index is 12.3. The summed E-state index contributed by atoms with van der Waals surface area (Å²) in [4.78, 5) is 13.6. The summed E-state index contributed by atoms with van der Waals surface area (Å²) in [5.41, 5.74) is 2.43. The Morgan fingerprint density at radius 2 is 2.08 bits per heavy atom. The van der Waals surface area contributed by atoms with Gasteiger partial charge in [0.15, 0.2) is 0 Å². The minimum absolute atomic E-state index is 0.0597. The highest BCUT2D eigenvalue weighted by atomic mass is 32.2. The zero-order valence-electron chi connectivity index (χ0n) is 16.0. The lowest BCUT2D eigenvalue weighted by atomic mass is 10.1. The van der Waals surface area contributed by atoms with E-state index in [9.17, 15) is 13.2 Å². The third-order valence-electron chi connectivity index (χ3n) is 4.41. The Hall–Kier alpha value is -1.64. The molecule has 0 spiro atoms. The van der Waals surface area contributed by atoms with Crippen molar-refractivity contribution in [2.75, 3.05) is 43.7 Å². The number of hydrogen-bond acceptors (Lipinski definition) is 5. The minimum atomic E-state index is -3.39. The predicted octanol–water partition coefficient (Wildman–Crippen LogP) is 2.04. The molecule has 1 aliphatic heterocycles. The average Bonchev–Trinajstić information content (AvgIpc) is 3.06. The lowest BCUT2D eigenvalue weighted by Crippen LogP contribution is -2.36. The molecule has 1 saturated heterocycles. The van der Waals surface area contributed by atoms with Crippen LogP contribution in [0.2, 0.25) is 0 Å². The fraction of sp³-hybridized carbons (Fsp3) is 0.611. The second-order valence-corrected chi connectivity index (χ2v) is 8.81. The van der Waals surface area contributed by atoms with Crippen LogP contribution in [0.5, 0.6) is 0 Å². The molecule has 8 heteroatoms. The van der Waals surface area contributed by atoms with Crippen LogP contribution in [0, 0.1) is 0 Å². The molecular weight excluding hydrogens is 354 g/mol. The van der Waals surface area contributed by atoms with Gasteiger partial charge in [-0.25, -0.2) is 8.42 Å². The molecule has 26 heavy (non-hydrogen) atoms. The lowest BCUT2D eigenvalue weighted by molar-refractivity contribution is -0.115. The molecule has 0 radical (unpaired) electrons. The molecule has 7 nitrogen and oxygen atoms in total. The maximum absolute atomic E-state index is 12.3. The molecule has 1 aliphatic rings. The van der Waals surface area contributed by atoms with Crippen molar-refractivity contribution in [3.63, 3.8) is 0 Å². The van der Waals surface area contributed by atoms with Crippen molar-refractivity contribution in [2.24, 2.45) is 0 Å². The van der Waals surface area contributed by atoms with E-state index >= 15 is 0 Å². The first kappa shape index (κ1) is 20.7. The van der Waals surface area contributed by atoms with Crippen LogP contribution >= 0.6 is 0 Å². The molecule has 1 heterocycles. The Morgan fingerprint density at radius 1 is 1.35 bits per heavy atom. The number of anilines is 2. The smallest absolute Gasteiger partial charge is 0.224 e. The quantitative estimate of drug-likeness (QED) is 0.743. The van der Waals surface area contributed by atoms with Crippen LogP contribution in [-0.4, -0.2) is 58.2 Å². The Morgan fingerprint density at radius 3 is 2.62 bits per heavy atom. The van der Waals surface area contributed by atoms with Crippen LogP contribution in [0.1, 0.15) is 31.7 Å². The number of ether oxygens (including phenoxy) is 1. The van der Waals surface area contributed by atoms with Crippen LogP contribution in [0.4, 0.5) is 11.4 Å². The number of carbonyl (C=O) groups is 1. The van der Waals surface area contributed by atoms with Gasteiger partial charge in [-0.2, -0.15) is 4.31 Å². The fourth-order valence-corrected chi connectivity index (χ4v) is 3.81. The molecule has 0 aromatic heterocycles. The van der Waals surface area contributed by atoms with Gasteiger partial charge in [0.2, 0.25) is 15.9 Å². The van der Waals surface area contributed by atoms with E-state index < -0.39 is 10.0 Å². The van der Waals surface area contributed by atoms with Crippen LogP contribution in [-0.2, 0) is 26.1 Å². The summed E-state index contributed by atoms with van der Waals surface area (Å²) in [6, 6.07) is 5.57. The standard InChI is InChI=1S/C18H29N3O4S/c1-5-18(22)19-15-8-9-17(20(2)3)14(11-15)12-21(26(4,23)24)13-16-7-6-10-25-16/h8-9,11,16H,5-7,10,12-13H2,1-4H3,(H,19,22)/t16-/m1/s1. The van der Waals surface area contributed by atoms with Crippen LogP contribution in [0.3, 0.4) is 0 Å². The van der Waals surface area contributed by atoms with Gasteiger partial charge in [-0.1, -0.05) is 6.92 Å². The van der Waals surface area contributed by atoms with Crippen LogP contribution in [0.15, 0.2) is 18.2 Å². The molecule has 1 fully saturated rings. The SMILES string of the molecule is CCC(=O)Nc1ccc(N(C)C)c(CN(C[C@H]2CCCO2)S(C)(=O)=O)c1. The highest BCUT2D eigenvalue weighted by Gasteiger charge is 2.26. The van der Waals surface area contributed by atoms with Crippen LogP contribution in [0.25, 0.3) is 0 Å². The molecule has 2 rings (SSSR count). The summed E-state index contributed by atoms with van der Waals surface area (Å²) in [6.45, 7) is 3.06. The normalized spacial score (nSPS) is 17.5. The summed E-state index contributed by atoms with van der Waals surface area (Å²) in [7, 11) is 0.435. The summed E-state index contributed by atoms with van der Waals surface area (Å²) in [6.07, 6.45) is 3.39. The van der Waals surface area contributed by atoms with Gasteiger partial charge < -0.3 is 15.0 Å². The predicted molar refractivity (Wildman–Crippen MR) is 104 cm³/mol. The highest BCUT2D eigenvalue weighted by Crippen LogP contribution is 2.26. The van der Waals surface area contributed by atoms with Gasteiger partial charge in [0.25, 0.3) is 0 Å². The van der Waals surface area contributed by atoms with E-state index in [0.717, 1.165) is 24.1 Å². The first-order valence-corrected chi connectivity index (χ1v) is 10.7. The van der Waals surface area contributed by atoms with Gasteiger partial charge >= 0.3 is 0 Å². The number of hydrogen-bond donors (Lipinski definition) is 1. The molecule has 0 aliphatic carbocycles. The number of rotatable bonds is 8. The molecule has 0 bridgehead atoms. The Labute approximate surface area is 156 Å². The minimum Gasteiger partial charge on any atom is -0.377 e. The zero-order valence-corrected chi connectivity index (χ0v) is 16.8. The van der Waals surface area contributed by atoms with Gasteiger partial charge in [-0.3, -0.25) is 4.79 Å². The Kier molecular flexibility index (Phi) is 7.02. The summed E-state index contributed by atoms with van der Waals surface area (Å²) < 4.78 is 31.7. The van der Waals surface area contributed by atoms with Crippen molar-refractivity contribution >= 4 is 27.3 Å². The van der Waals surface area contributed by atoms with Crippen molar-refractivity contribution in [1.29, 1.82) is 0 Å². The van der Waals surface area contributed by atoms with E-state index in [1.54, 1.807) is 6.92 Å². The number of nitrogens with one attached hydrogen (secondary N) is 1. The Bertz CT molecular complexity index is 728.